The minimum atomic E-state index is -0.672. The molecule has 0 spiro atoms. The fraction of sp³-hybridized carbons (Fsp3) is 0.333. The molecular formula is C21H27N3O3. The first-order chi connectivity index (χ1) is 13.0. The zero-order chi connectivity index (χ0) is 19.6. The van der Waals surface area contributed by atoms with Gasteiger partial charge in [-0.15, -0.1) is 0 Å². The molecule has 2 aromatic carbocycles. The lowest BCUT2D eigenvalue weighted by Gasteiger charge is -2.12. The Balaban J connectivity index is 1.70. The number of aryl methyl sites for hydroxylation is 1. The van der Waals surface area contributed by atoms with Gasteiger partial charge in [-0.25, -0.2) is 0 Å². The van der Waals surface area contributed by atoms with Crippen molar-refractivity contribution in [2.45, 2.75) is 19.8 Å². The van der Waals surface area contributed by atoms with Crippen molar-refractivity contribution in [1.29, 1.82) is 0 Å². The van der Waals surface area contributed by atoms with Gasteiger partial charge in [-0.2, -0.15) is 0 Å². The Morgan fingerprint density at radius 1 is 0.963 bits per heavy atom. The van der Waals surface area contributed by atoms with E-state index in [2.05, 4.69) is 34.9 Å². The fourth-order valence-electron chi connectivity index (χ4n) is 2.52. The molecule has 0 aliphatic heterocycles. The van der Waals surface area contributed by atoms with Gasteiger partial charge in [0.25, 0.3) is 0 Å². The summed E-state index contributed by atoms with van der Waals surface area (Å²) in [6.45, 7) is 2.93. The molecule has 0 fully saturated rings. The molecule has 2 rings (SSSR count). The van der Waals surface area contributed by atoms with Gasteiger partial charge in [-0.1, -0.05) is 12.1 Å². The number of hydrogen-bond donors (Lipinski definition) is 2. The van der Waals surface area contributed by atoms with Gasteiger partial charge in [0.15, 0.2) is 0 Å². The summed E-state index contributed by atoms with van der Waals surface area (Å²) >= 11 is 0. The van der Waals surface area contributed by atoms with Crippen molar-refractivity contribution in [1.82, 2.24) is 5.32 Å². The Morgan fingerprint density at radius 3 is 2.22 bits per heavy atom. The predicted molar refractivity (Wildman–Crippen MR) is 108 cm³/mol. The lowest BCUT2D eigenvalue weighted by atomic mass is 10.1. The van der Waals surface area contributed by atoms with Gasteiger partial charge in [-0.05, 0) is 61.7 Å². The zero-order valence-electron chi connectivity index (χ0n) is 16.1. The second kappa shape index (κ2) is 10.2. The molecule has 0 atom stereocenters. The van der Waals surface area contributed by atoms with E-state index in [4.69, 9.17) is 4.74 Å². The van der Waals surface area contributed by atoms with Crippen molar-refractivity contribution in [3.8, 4) is 5.75 Å². The van der Waals surface area contributed by atoms with Crippen molar-refractivity contribution in [2.24, 2.45) is 0 Å². The van der Waals surface area contributed by atoms with Crippen molar-refractivity contribution >= 4 is 23.2 Å². The average Bonchev–Trinajstić information content (AvgIpc) is 2.67. The molecule has 144 valence electrons. The van der Waals surface area contributed by atoms with Crippen LogP contribution in [0.3, 0.4) is 0 Å². The molecule has 0 saturated heterocycles. The highest BCUT2D eigenvalue weighted by Crippen LogP contribution is 2.15. The van der Waals surface area contributed by atoms with Crippen LogP contribution in [0.4, 0.5) is 11.4 Å². The second-order valence-corrected chi connectivity index (χ2v) is 6.33. The number of benzene rings is 2. The molecular weight excluding hydrogens is 342 g/mol. The van der Waals surface area contributed by atoms with E-state index in [0.29, 0.717) is 18.8 Å². The van der Waals surface area contributed by atoms with Gasteiger partial charge < -0.3 is 20.3 Å². The highest BCUT2D eigenvalue weighted by atomic mass is 16.5. The molecule has 0 heterocycles. The predicted octanol–water partition coefficient (Wildman–Crippen LogP) is 2.84. The Bertz CT molecular complexity index is 740. The highest BCUT2D eigenvalue weighted by Gasteiger charge is 2.13. The van der Waals surface area contributed by atoms with Crippen molar-refractivity contribution in [3.63, 3.8) is 0 Å². The molecule has 0 radical (unpaired) electrons. The Hall–Kier alpha value is -3.02. The van der Waals surface area contributed by atoms with Gasteiger partial charge in [0.1, 0.15) is 5.75 Å². The molecule has 0 unspecified atom stereocenters. The van der Waals surface area contributed by atoms with E-state index in [1.165, 1.54) is 5.56 Å². The number of nitrogens with one attached hydrogen (secondary N) is 2. The SMILES string of the molecule is CCOc1ccc(NC(=O)C(=O)NCCCc2ccc(N(C)C)cc2)cc1. The largest absolute Gasteiger partial charge is 0.494 e. The minimum Gasteiger partial charge on any atom is -0.494 e. The van der Waals surface area contributed by atoms with E-state index < -0.39 is 11.8 Å². The van der Waals surface area contributed by atoms with E-state index in [9.17, 15) is 9.59 Å². The third kappa shape index (κ3) is 6.66. The molecule has 2 amide bonds. The van der Waals surface area contributed by atoms with Crippen LogP contribution >= 0.6 is 0 Å². The number of anilines is 2. The molecule has 6 heteroatoms. The standard InChI is InChI=1S/C21H27N3O3/c1-4-27-19-13-9-17(10-14-19)23-21(26)20(25)22-15-5-6-16-7-11-18(12-8-16)24(2)3/h7-14H,4-6,15H2,1-3H3,(H,22,25)(H,23,26). The molecule has 0 aromatic heterocycles. The van der Waals surface area contributed by atoms with Gasteiger partial charge in [0.2, 0.25) is 0 Å². The first-order valence-electron chi connectivity index (χ1n) is 9.08. The first-order valence-corrected chi connectivity index (χ1v) is 9.08. The topological polar surface area (TPSA) is 70.7 Å². The summed E-state index contributed by atoms with van der Waals surface area (Å²) in [5.41, 5.74) is 2.91. The maximum Gasteiger partial charge on any atom is 0.313 e. The summed E-state index contributed by atoms with van der Waals surface area (Å²) in [5.74, 6) is -0.583. The molecule has 27 heavy (non-hydrogen) atoms. The Morgan fingerprint density at radius 2 is 1.63 bits per heavy atom. The molecule has 2 aromatic rings. The van der Waals surface area contributed by atoms with Crippen LogP contribution in [0.1, 0.15) is 18.9 Å². The van der Waals surface area contributed by atoms with Gasteiger partial charge in [-0.3, -0.25) is 9.59 Å². The summed E-state index contributed by atoms with van der Waals surface area (Å²) in [4.78, 5) is 25.9. The molecule has 0 bridgehead atoms. The third-order valence-corrected chi connectivity index (χ3v) is 4.01. The summed E-state index contributed by atoms with van der Waals surface area (Å²) < 4.78 is 5.34. The fourth-order valence-corrected chi connectivity index (χ4v) is 2.52. The summed E-state index contributed by atoms with van der Waals surface area (Å²) in [5, 5.41) is 5.23. The van der Waals surface area contributed by atoms with E-state index in [1.54, 1.807) is 24.3 Å². The lowest BCUT2D eigenvalue weighted by molar-refractivity contribution is -0.136. The van der Waals surface area contributed by atoms with Gasteiger partial charge in [0, 0.05) is 32.0 Å². The van der Waals surface area contributed by atoms with Crippen LogP contribution < -0.4 is 20.3 Å². The number of rotatable bonds is 8. The normalized spacial score (nSPS) is 10.2. The smallest absolute Gasteiger partial charge is 0.313 e. The monoisotopic (exact) mass is 369 g/mol. The summed E-state index contributed by atoms with van der Waals surface area (Å²) in [6.07, 6.45) is 1.61. The van der Waals surface area contributed by atoms with Crippen molar-refractivity contribution in [2.75, 3.05) is 37.5 Å². The van der Waals surface area contributed by atoms with Crippen LogP contribution in [0.25, 0.3) is 0 Å². The number of carbonyl (C=O) groups excluding carboxylic acids is 2. The van der Waals surface area contributed by atoms with E-state index in [-0.39, 0.29) is 0 Å². The second-order valence-electron chi connectivity index (χ2n) is 6.33. The van der Waals surface area contributed by atoms with Crippen LogP contribution in [0, 0.1) is 0 Å². The molecule has 2 N–H and O–H groups in total. The van der Waals surface area contributed by atoms with Crippen LogP contribution in [0.15, 0.2) is 48.5 Å². The van der Waals surface area contributed by atoms with E-state index >= 15 is 0 Å². The first kappa shape index (κ1) is 20.3. The molecule has 0 aliphatic carbocycles. The Kier molecular flexibility index (Phi) is 7.67. The van der Waals surface area contributed by atoms with E-state index in [1.807, 2.05) is 25.9 Å². The molecule has 6 nitrogen and oxygen atoms in total. The minimum absolute atomic E-state index is 0.449. The van der Waals surface area contributed by atoms with Crippen LogP contribution in [-0.4, -0.2) is 39.1 Å². The quantitative estimate of drug-likeness (QED) is 0.554. The third-order valence-electron chi connectivity index (χ3n) is 4.01. The number of hydrogen-bond acceptors (Lipinski definition) is 4. The highest BCUT2D eigenvalue weighted by molar-refractivity contribution is 6.39. The number of amides is 2. The number of nitrogens with zero attached hydrogens (tertiary/aromatic N) is 1. The average molecular weight is 369 g/mol. The van der Waals surface area contributed by atoms with Gasteiger partial charge in [0.05, 0.1) is 6.61 Å². The van der Waals surface area contributed by atoms with Crippen LogP contribution in [-0.2, 0) is 16.0 Å². The maximum absolute atomic E-state index is 11.9. The maximum atomic E-state index is 11.9. The Labute approximate surface area is 160 Å². The lowest BCUT2D eigenvalue weighted by Crippen LogP contribution is -2.36. The van der Waals surface area contributed by atoms with E-state index in [0.717, 1.165) is 24.3 Å². The van der Waals surface area contributed by atoms with Crippen LogP contribution in [0.5, 0.6) is 5.75 Å². The molecule has 0 saturated carbocycles. The summed E-state index contributed by atoms with van der Waals surface area (Å²) in [6, 6.07) is 15.2. The van der Waals surface area contributed by atoms with Crippen molar-refractivity contribution < 1.29 is 14.3 Å². The van der Waals surface area contributed by atoms with Crippen molar-refractivity contribution in [3.05, 3.63) is 54.1 Å². The van der Waals surface area contributed by atoms with Gasteiger partial charge >= 0.3 is 11.8 Å². The zero-order valence-corrected chi connectivity index (χ0v) is 16.1. The summed E-state index contributed by atoms with van der Waals surface area (Å²) in [7, 11) is 4.01. The number of ether oxygens (including phenoxy) is 1. The van der Waals surface area contributed by atoms with Crippen LogP contribution in [0.2, 0.25) is 0 Å². The molecule has 0 aliphatic rings. The number of carbonyl (C=O) groups is 2.